The van der Waals surface area contributed by atoms with Gasteiger partial charge in [0.1, 0.15) is 6.26 Å². The lowest BCUT2D eigenvalue weighted by Crippen LogP contribution is -2.46. The number of aromatic amines is 1. The number of rotatable bonds is 5. The molecule has 1 aliphatic heterocycles. The number of carbonyl (C=O) groups is 2. The Bertz CT molecular complexity index is 1300. The van der Waals surface area contributed by atoms with Gasteiger partial charge in [-0.05, 0) is 37.8 Å². The van der Waals surface area contributed by atoms with Crippen LogP contribution in [0.2, 0.25) is 0 Å². The Morgan fingerprint density at radius 3 is 2.61 bits per heavy atom. The number of hydrogen-bond donors (Lipinski definition) is 2. The predicted octanol–water partition coefficient (Wildman–Crippen LogP) is 1.86. The normalized spacial score (nSPS) is 14.7. The zero-order valence-corrected chi connectivity index (χ0v) is 18.9. The van der Waals surface area contributed by atoms with E-state index < -0.39 is 17.2 Å². The number of likely N-dealkylation sites (tertiary alicyclic amines) is 1. The molecule has 0 aliphatic carbocycles. The van der Waals surface area contributed by atoms with Crippen molar-refractivity contribution in [1.29, 1.82) is 0 Å². The minimum absolute atomic E-state index is 0.00202. The summed E-state index contributed by atoms with van der Waals surface area (Å²) in [4.78, 5) is 59.2. The van der Waals surface area contributed by atoms with Gasteiger partial charge in [-0.1, -0.05) is 13.8 Å². The molecule has 0 saturated carbocycles. The standard InChI is InChI=1S/C23H27N5O5/c1-4-28-19-18(21(30)26-23(28)32)16(11-17(25-19)13(2)3)20(29)24-15-5-8-27(9-6-15)22(31)14-7-10-33-12-14/h7,10-13,15H,4-6,8-9H2,1-3H3,(H,24,29)(H,26,30,32). The third kappa shape index (κ3) is 4.33. The average molecular weight is 453 g/mol. The molecule has 0 atom stereocenters. The van der Waals surface area contributed by atoms with Crippen molar-refractivity contribution in [1.82, 2.24) is 24.8 Å². The quantitative estimate of drug-likeness (QED) is 0.606. The smallest absolute Gasteiger partial charge is 0.329 e. The van der Waals surface area contributed by atoms with E-state index in [1.54, 1.807) is 24.0 Å². The van der Waals surface area contributed by atoms with Crippen molar-refractivity contribution >= 4 is 22.8 Å². The van der Waals surface area contributed by atoms with Gasteiger partial charge in [-0.3, -0.25) is 23.9 Å². The molecular formula is C23H27N5O5. The molecule has 0 bridgehead atoms. The van der Waals surface area contributed by atoms with E-state index in [9.17, 15) is 19.2 Å². The molecule has 2 N–H and O–H groups in total. The first-order valence-electron chi connectivity index (χ1n) is 11.1. The summed E-state index contributed by atoms with van der Waals surface area (Å²) in [5.74, 6) is -0.493. The fourth-order valence-corrected chi connectivity index (χ4v) is 4.12. The highest BCUT2D eigenvalue weighted by molar-refractivity contribution is 6.05. The molecule has 1 fully saturated rings. The van der Waals surface area contributed by atoms with Crippen molar-refractivity contribution in [2.24, 2.45) is 0 Å². The highest BCUT2D eigenvalue weighted by atomic mass is 16.3. The van der Waals surface area contributed by atoms with Crippen LogP contribution in [0.1, 0.15) is 65.9 Å². The van der Waals surface area contributed by atoms with Crippen molar-refractivity contribution in [3.63, 3.8) is 0 Å². The molecule has 3 aromatic rings. The SMILES string of the molecule is CCn1c(=O)[nH]c(=O)c2c(C(=O)NC3CCN(C(=O)c4ccoc4)CC3)cc(C(C)C)nc21. The van der Waals surface area contributed by atoms with Crippen molar-refractivity contribution in [2.45, 2.75) is 52.1 Å². The number of piperidine rings is 1. The largest absolute Gasteiger partial charge is 0.472 e. The second-order valence-electron chi connectivity index (χ2n) is 8.50. The number of amides is 2. The van der Waals surface area contributed by atoms with Crippen LogP contribution in [-0.2, 0) is 6.54 Å². The van der Waals surface area contributed by atoms with E-state index >= 15 is 0 Å². The maximum atomic E-state index is 13.3. The Kier molecular flexibility index (Phi) is 6.17. The minimum atomic E-state index is -0.631. The highest BCUT2D eigenvalue weighted by Crippen LogP contribution is 2.21. The van der Waals surface area contributed by atoms with Gasteiger partial charge in [0.25, 0.3) is 17.4 Å². The molecule has 3 aromatic heterocycles. The number of H-pyrrole nitrogens is 1. The summed E-state index contributed by atoms with van der Waals surface area (Å²) in [5, 5.41) is 3.11. The van der Waals surface area contributed by atoms with Crippen molar-refractivity contribution in [3.05, 3.63) is 62.3 Å². The van der Waals surface area contributed by atoms with Gasteiger partial charge in [-0.15, -0.1) is 0 Å². The first kappa shape index (κ1) is 22.5. The molecule has 0 spiro atoms. The lowest BCUT2D eigenvalue weighted by atomic mass is 10.0. The predicted molar refractivity (Wildman–Crippen MR) is 121 cm³/mol. The number of aromatic nitrogens is 3. The van der Waals surface area contributed by atoms with Gasteiger partial charge in [0.15, 0.2) is 5.65 Å². The Balaban J connectivity index is 1.59. The number of aryl methyl sites for hydroxylation is 1. The molecule has 33 heavy (non-hydrogen) atoms. The average Bonchev–Trinajstić information content (AvgIpc) is 3.33. The Morgan fingerprint density at radius 1 is 1.27 bits per heavy atom. The van der Waals surface area contributed by atoms with E-state index in [4.69, 9.17) is 4.42 Å². The molecular weight excluding hydrogens is 426 g/mol. The minimum Gasteiger partial charge on any atom is -0.472 e. The molecule has 0 aromatic carbocycles. The van der Waals surface area contributed by atoms with Gasteiger partial charge in [-0.25, -0.2) is 9.78 Å². The summed E-state index contributed by atoms with van der Waals surface area (Å²) < 4.78 is 6.35. The first-order valence-corrected chi connectivity index (χ1v) is 11.1. The van der Waals surface area contributed by atoms with Crippen LogP contribution in [0.15, 0.2) is 38.7 Å². The maximum absolute atomic E-state index is 13.3. The fraction of sp³-hybridized carbons (Fsp3) is 0.435. The molecule has 10 nitrogen and oxygen atoms in total. The molecule has 2 amide bonds. The summed E-state index contributed by atoms with van der Waals surface area (Å²) in [6.45, 7) is 6.96. The molecule has 0 radical (unpaired) electrons. The lowest BCUT2D eigenvalue weighted by molar-refractivity contribution is 0.0697. The van der Waals surface area contributed by atoms with E-state index in [1.165, 1.54) is 17.1 Å². The lowest BCUT2D eigenvalue weighted by Gasteiger charge is -2.32. The molecule has 4 heterocycles. The van der Waals surface area contributed by atoms with Gasteiger partial charge in [0, 0.05) is 31.4 Å². The summed E-state index contributed by atoms with van der Waals surface area (Å²) in [7, 11) is 0. The Morgan fingerprint density at radius 2 is 2.00 bits per heavy atom. The van der Waals surface area contributed by atoms with Crippen molar-refractivity contribution in [2.75, 3.05) is 13.1 Å². The summed E-state index contributed by atoms with van der Waals surface area (Å²) >= 11 is 0. The zero-order valence-electron chi connectivity index (χ0n) is 18.9. The van der Waals surface area contributed by atoms with Crippen molar-refractivity contribution in [3.8, 4) is 0 Å². The van der Waals surface area contributed by atoms with Crippen molar-refractivity contribution < 1.29 is 14.0 Å². The third-order valence-electron chi connectivity index (χ3n) is 6.01. The van der Waals surface area contributed by atoms with E-state index in [0.29, 0.717) is 43.7 Å². The van der Waals surface area contributed by atoms with Crippen LogP contribution >= 0.6 is 0 Å². The monoisotopic (exact) mass is 453 g/mol. The van der Waals surface area contributed by atoms with Crippen LogP contribution in [0.3, 0.4) is 0 Å². The summed E-state index contributed by atoms with van der Waals surface area (Å²) in [6, 6.07) is 3.11. The number of hydrogen-bond acceptors (Lipinski definition) is 6. The first-order chi connectivity index (χ1) is 15.8. The third-order valence-corrected chi connectivity index (χ3v) is 6.01. The molecule has 10 heteroatoms. The Hall–Kier alpha value is -3.69. The molecule has 4 rings (SSSR count). The van der Waals surface area contributed by atoms with Crippen LogP contribution in [-0.4, -0.2) is 50.4 Å². The second kappa shape index (κ2) is 9.05. The van der Waals surface area contributed by atoms with Gasteiger partial charge in [0.05, 0.1) is 22.8 Å². The molecule has 174 valence electrons. The molecule has 1 saturated heterocycles. The number of fused-ring (bicyclic) bond motifs is 1. The van der Waals surface area contributed by atoms with E-state index in [1.807, 2.05) is 13.8 Å². The number of carbonyl (C=O) groups excluding carboxylic acids is 2. The summed E-state index contributed by atoms with van der Waals surface area (Å²) in [5.41, 5.74) is 0.355. The fourth-order valence-electron chi connectivity index (χ4n) is 4.12. The molecule has 1 aliphatic rings. The van der Waals surface area contributed by atoms with Gasteiger partial charge < -0.3 is 14.6 Å². The van der Waals surface area contributed by atoms with Crippen LogP contribution in [0.25, 0.3) is 11.0 Å². The van der Waals surface area contributed by atoms with E-state index in [2.05, 4.69) is 15.3 Å². The van der Waals surface area contributed by atoms with E-state index in [0.717, 1.165) is 0 Å². The number of furan rings is 1. The van der Waals surface area contributed by atoms with Crippen LogP contribution in [0.4, 0.5) is 0 Å². The van der Waals surface area contributed by atoms with Crippen LogP contribution in [0.5, 0.6) is 0 Å². The highest BCUT2D eigenvalue weighted by Gasteiger charge is 2.27. The number of nitrogens with one attached hydrogen (secondary N) is 2. The van der Waals surface area contributed by atoms with Gasteiger partial charge in [0.2, 0.25) is 0 Å². The number of pyridine rings is 1. The topological polar surface area (TPSA) is 130 Å². The second-order valence-corrected chi connectivity index (χ2v) is 8.50. The molecule has 0 unspecified atom stereocenters. The maximum Gasteiger partial charge on any atom is 0.329 e. The summed E-state index contributed by atoms with van der Waals surface area (Å²) in [6.07, 6.45) is 4.06. The Labute approximate surface area is 189 Å². The van der Waals surface area contributed by atoms with Crippen LogP contribution < -0.4 is 16.6 Å². The van der Waals surface area contributed by atoms with E-state index in [-0.39, 0.29) is 34.5 Å². The number of nitrogens with zero attached hydrogens (tertiary/aromatic N) is 3. The van der Waals surface area contributed by atoms with Gasteiger partial charge in [-0.2, -0.15) is 0 Å². The van der Waals surface area contributed by atoms with Crippen LogP contribution in [0, 0.1) is 0 Å². The zero-order chi connectivity index (χ0) is 23.7. The van der Waals surface area contributed by atoms with Gasteiger partial charge >= 0.3 is 5.69 Å².